The summed E-state index contributed by atoms with van der Waals surface area (Å²) in [5.74, 6) is 0.779. The third kappa shape index (κ3) is 4.62. The van der Waals surface area contributed by atoms with E-state index in [0.717, 1.165) is 21.3 Å². The zero-order valence-electron chi connectivity index (χ0n) is 11.8. The number of amides is 1. The van der Waals surface area contributed by atoms with Crippen LogP contribution < -0.4 is 5.73 Å². The van der Waals surface area contributed by atoms with Crippen LogP contribution in [0.25, 0.3) is 0 Å². The molecule has 0 unspecified atom stereocenters. The van der Waals surface area contributed by atoms with Crippen LogP contribution >= 0.6 is 34.7 Å². The highest BCUT2D eigenvalue weighted by atomic mass is 35.5. The molecule has 112 valence electrons. The smallest absolute Gasteiger partial charge is 0.228 e. The number of halogens is 1. The van der Waals surface area contributed by atoms with Gasteiger partial charge in [-0.05, 0) is 18.2 Å². The summed E-state index contributed by atoms with van der Waals surface area (Å²) in [7, 11) is 3.49. The molecule has 0 aliphatic rings. The van der Waals surface area contributed by atoms with E-state index < -0.39 is 0 Å². The fourth-order valence-corrected chi connectivity index (χ4v) is 3.63. The number of hydrogen-bond donors (Lipinski definition) is 1. The van der Waals surface area contributed by atoms with E-state index in [1.165, 1.54) is 11.3 Å². The number of thioether (sulfide) groups is 1. The van der Waals surface area contributed by atoms with Crippen LogP contribution in [-0.4, -0.2) is 29.9 Å². The van der Waals surface area contributed by atoms with Crippen LogP contribution in [0.5, 0.6) is 0 Å². The Morgan fingerprint density at radius 1 is 1.48 bits per heavy atom. The zero-order valence-corrected chi connectivity index (χ0v) is 14.2. The number of thiazole rings is 1. The quantitative estimate of drug-likeness (QED) is 0.669. The van der Waals surface area contributed by atoms with Crippen molar-refractivity contribution in [2.45, 2.75) is 17.1 Å². The molecule has 0 atom stereocenters. The van der Waals surface area contributed by atoms with Crippen molar-refractivity contribution in [3.63, 3.8) is 0 Å². The maximum Gasteiger partial charge on any atom is 0.228 e. The van der Waals surface area contributed by atoms with Crippen molar-refractivity contribution < 1.29 is 4.79 Å². The van der Waals surface area contributed by atoms with Crippen molar-refractivity contribution in [3.05, 3.63) is 39.3 Å². The van der Waals surface area contributed by atoms with Gasteiger partial charge in [0, 0.05) is 35.8 Å². The summed E-state index contributed by atoms with van der Waals surface area (Å²) >= 11 is 9.26. The van der Waals surface area contributed by atoms with Crippen LogP contribution in [0.3, 0.4) is 0 Å². The summed E-state index contributed by atoms with van der Waals surface area (Å²) in [6.45, 7) is 0. The number of hydrogen-bond acceptors (Lipinski definition) is 5. The summed E-state index contributed by atoms with van der Waals surface area (Å²) in [5.41, 5.74) is 7.28. The molecule has 0 radical (unpaired) electrons. The number of benzene rings is 1. The van der Waals surface area contributed by atoms with E-state index in [1.807, 2.05) is 17.5 Å². The highest BCUT2D eigenvalue weighted by Crippen LogP contribution is 2.31. The Labute approximate surface area is 137 Å². The van der Waals surface area contributed by atoms with Crippen LogP contribution in [0, 0.1) is 0 Å². The first-order valence-electron chi connectivity index (χ1n) is 6.27. The average Bonchev–Trinajstić information content (AvgIpc) is 2.85. The Balaban J connectivity index is 1.95. The van der Waals surface area contributed by atoms with E-state index in [9.17, 15) is 4.79 Å². The van der Waals surface area contributed by atoms with Crippen LogP contribution in [0.4, 0.5) is 5.69 Å². The second-order valence-corrected chi connectivity index (χ2v) is 7.04. The van der Waals surface area contributed by atoms with Crippen molar-refractivity contribution in [1.82, 2.24) is 9.88 Å². The molecule has 2 aromatic rings. The van der Waals surface area contributed by atoms with Gasteiger partial charge in [0.15, 0.2) is 0 Å². The number of carbonyl (C=O) groups excluding carboxylic acids is 1. The highest BCUT2D eigenvalue weighted by Gasteiger charge is 2.10. The van der Waals surface area contributed by atoms with Crippen molar-refractivity contribution in [3.8, 4) is 0 Å². The number of carbonyl (C=O) groups is 1. The first-order valence-corrected chi connectivity index (χ1v) is 8.51. The number of anilines is 1. The molecule has 1 heterocycles. The van der Waals surface area contributed by atoms with Gasteiger partial charge >= 0.3 is 0 Å². The first-order chi connectivity index (χ1) is 9.95. The van der Waals surface area contributed by atoms with Gasteiger partial charge in [0.1, 0.15) is 5.01 Å². The van der Waals surface area contributed by atoms with Crippen LogP contribution in [0.15, 0.2) is 28.5 Å². The van der Waals surface area contributed by atoms with Gasteiger partial charge < -0.3 is 10.6 Å². The van der Waals surface area contributed by atoms with Crippen molar-refractivity contribution in [2.75, 3.05) is 19.8 Å². The lowest BCUT2D eigenvalue weighted by molar-refractivity contribution is -0.127. The SMILES string of the molecule is CN(C)C(=O)Cc1nc(CSc2ccc(N)cc2Cl)cs1. The molecule has 0 saturated carbocycles. The van der Waals surface area contributed by atoms with E-state index in [-0.39, 0.29) is 5.91 Å². The fourth-order valence-electron chi connectivity index (χ4n) is 1.57. The lowest BCUT2D eigenvalue weighted by atomic mass is 10.3. The lowest BCUT2D eigenvalue weighted by Gasteiger charge is -2.07. The van der Waals surface area contributed by atoms with Gasteiger partial charge in [-0.1, -0.05) is 11.6 Å². The lowest BCUT2D eigenvalue weighted by Crippen LogP contribution is -2.23. The molecule has 0 saturated heterocycles. The van der Waals surface area contributed by atoms with Crippen molar-refractivity contribution in [2.24, 2.45) is 0 Å². The zero-order chi connectivity index (χ0) is 15.4. The molecule has 2 rings (SSSR count). The van der Waals surface area contributed by atoms with Gasteiger partial charge in [-0.2, -0.15) is 0 Å². The molecule has 1 aromatic heterocycles. The molecule has 7 heteroatoms. The van der Waals surface area contributed by atoms with Crippen molar-refractivity contribution in [1.29, 1.82) is 0 Å². The predicted molar refractivity (Wildman–Crippen MR) is 89.9 cm³/mol. The Morgan fingerprint density at radius 2 is 2.24 bits per heavy atom. The van der Waals surface area contributed by atoms with Gasteiger partial charge in [0.2, 0.25) is 5.91 Å². The number of nitrogens with zero attached hydrogens (tertiary/aromatic N) is 2. The molecule has 0 bridgehead atoms. The Hall–Kier alpha value is -1.24. The molecule has 2 N–H and O–H groups in total. The molecule has 4 nitrogen and oxygen atoms in total. The molecular weight excluding hydrogens is 326 g/mol. The number of nitrogens with two attached hydrogens (primary N) is 1. The van der Waals surface area contributed by atoms with E-state index in [1.54, 1.807) is 36.8 Å². The predicted octanol–water partition coefficient (Wildman–Crippen LogP) is 3.30. The van der Waals surface area contributed by atoms with Gasteiger partial charge in [0.05, 0.1) is 17.1 Å². The largest absolute Gasteiger partial charge is 0.399 e. The van der Waals surface area contributed by atoms with E-state index in [4.69, 9.17) is 17.3 Å². The molecule has 21 heavy (non-hydrogen) atoms. The average molecular weight is 342 g/mol. The van der Waals surface area contributed by atoms with E-state index >= 15 is 0 Å². The Kier molecular flexibility index (Phi) is 5.50. The molecule has 0 fully saturated rings. The highest BCUT2D eigenvalue weighted by molar-refractivity contribution is 7.98. The summed E-state index contributed by atoms with van der Waals surface area (Å²) in [4.78, 5) is 18.7. The van der Waals surface area contributed by atoms with Crippen LogP contribution in [-0.2, 0) is 17.0 Å². The summed E-state index contributed by atoms with van der Waals surface area (Å²) in [6, 6.07) is 5.48. The fraction of sp³-hybridized carbons (Fsp3) is 0.286. The minimum absolute atomic E-state index is 0.0603. The second-order valence-electron chi connectivity index (χ2n) is 4.68. The number of aromatic nitrogens is 1. The summed E-state index contributed by atoms with van der Waals surface area (Å²) < 4.78 is 0. The molecular formula is C14H16ClN3OS2. The van der Waals surface area contributed by atoms with E-state index in [2.05, 4.69) is 4.98 Å². The maximum absolute atomic E-state index is 11.6. The molecule has 0 spiro atoms. The van der Waals surface area contributed by atoms with Crippen LogP contribution in [0.2, 0.25) is 5.02 Å². The Morgan fingerprint density at radius 3 is 2.90 bits per heavy atom. The van der Waals surface area contributed by atoms with Gasteiger partial charge in [0.25, 0.3) is 0 Å². The number of likely N-dealkylation sites (N-methyl/N-ethyl adjacent to an activating group) is 1. The molecule has 1 aromatic carbocycles. The normalized spacial score (nSPS) is 10.6. The van der Waals surface area contributed by atoms with Gasteiger partial charge in [-0.15, -0.1) is 23.1 Å². The molecule has 0 aliphatic heterocycles. The first kappa shape index (κ1) is 16.1. The number of nitrogen functional groups attached to an aromatic ring is 1. The molecule has 1 amide bonds. The minimum Gasteiger partial charge on any atom is -0.399 e. The maximum atomic E-state index is 11.6. The second kappa shape index (κ2) is 7.15. The third-order valence-electron chi connectivity index (χ3n) is 2.73. The molecule has 0 aliphatic carbocycles. The third-order valence-corrected chi connectivity index (χ3v) is 5.16. The number of rotatable bonds is 5. The van der Waals surface area contributed by atoms with Gasteiger partial charge in [-0.3, -0.25) is 4.79 Å². The van der Waals surface area contributed by atoms with E-state index in [0.29, 0.717) is 17.1 Å². The monoisotopic (exact) mass is 341 g/mol. The van der Waals surface area contributed by atoms with Crippen molar-refractivity contribution >= 4 is 46.3 Å². The minimum atomic E-state index is 0.0603. The summed E-state index contributed by atoms with van der Waals surface area (Å²) in [5, 5.41) is 3.47. The topological polar surface area (TPSA) is 59.2 Å². The standard InChI is InChI=1S/C14H16ClN3OS2/c1-18(2)14(19)6-13-17-10(8-21-13)7-20-12-4-3-9(16)5-11(12)15/h3-5,8H,6-7,16H2,1-2H3. The summed E-state index contributed by atoms with van der Waals surface area (Å²) in [6.07, 6.45) is 0.352. The Bertz CT molecular complexity index is 643. The van der Waals surface area contributed by atoms with Crippen LogP contribution in [0.1, 0.15) is 10.7 Å². The van der Waals surface area contributed by atoms with Gasteiger partial charge in [-0.25, -0.2) is 4.98 Å².